The van der Waals surface area contributed by atoms with Crippen LogP contribution in [0, 0.1) is 0 Å². The van der Waals surface area contributed by atoms with Gasteiger partial charge in [0.15, 0.2) is 0 Å². The zero-order valence-electron chi connectivity index (χ0n) is 10.6. The van der Waals surface area contributed by atoms with Crippen LogP contribution in [0.1, 0.15) is 32.6 Å². The minimum Gasteiger partial charge on any atom is -0.330 e. The summed E-state index contributed by atoms with van der Waals surface area (Å²) in [6.45, 7) is 5.56. The monoisotopic (exact) mass is 213 g/mol. The fourth-order valence-electron chi connectivity index (χ4n) is 2.66. The lowest BCUT2D eigenvalue weighted by Gasteiger charge is -2.39. The first-order valence-electron chi connectivity index (χ1n) is 6.29. The molecule has 0 bridgehead atoms. The molecule has 2 N–H and O–H groups in total. The summed E-state index contributed by atoms with van der Waals surface area (Å²) in [6.07, 6.45) is 5.04. The van der Waals surface area contributed by atoms with Crippen molar-refractivity contribution < 1.29 is 0 Å². The third-order valence-electron chi connectivity index (χ3n) is 3.72. The Balaban J connectivity index is 2.45. The van der Waals surface area contributed by atoms with E-state index >= 15 is 0 Å². The number of nitrogens with zero attached hydrogens (tertiary/aromatic N) is 2. The van der Waals surface area contributed by atoms with Gasteiger partial charge in [0.1, 0.15) is 0 Å². The molecule has 0 amide bonds. The van der Waals surface area contributed by atoms with Crippen molar-refractivity contribution in [2.75, 3.05) is 33.7 Å². The molecule has 1 aliphatic heterocycles. The Morgan fingerprint density at radius 2 is 2.27 bits per heavy atom. The number of rotatable bonds is 5. The van der Waals surface area contributed by atoms with Crippen molar-refractivity contribution in [2.24, 2.45) is 5.73 Å². The van der Waals surface area contributed by atoms with Crippen LogP contribution in [0.2, 0.25) is 0 Å². The Morgan fingerprint density at radius 1 is 1.53 bits per heavy atom. The van der Waals surface area contributed by atoms with Crippen LogP contribution in [-0.4, -0.2) is 55.6 Å². The molecule has 2 atom stereocenters. The van der Waals surface area contributed by atoms with Crippen molar-refractivity contribution in [1.82, 2.24) is 9.80 Å². The molecule has 0 aromatic rings. The number of nitrogens with two attached hydrogens (primary N) is 1. The van der Waals surface area contributed by atoms with Gasteiger partial charge in [0.2, 0.25) is 0 Å². The van der Waals surface area contributed by atoms with Gasteiger partial charge in [0.05, 0.1) is 0 Å². The first-order chi connectivity index (χ1) is 7.19. The van der Waals surface area contributed by atoms with Gasteiger partial charge in [-0.2, -0.15) is 0 Å². The second-order valence-electron chi connectivity index (χ2n) is 4.86. The normalized spacial score (nSPS) is 25.8. The standard InChI is InChI=1S/C12H27N3/c1-4-11(7-8-13)15(3)12-6-5-9-14(2)10-12/h11-12H,4-10,13H2,1-3H3. The quantitative estimate of drug-likeness (QED) is 0.743. The molecular weight excluding hydrogens is 186 g/mol. The Morgan fingerprint density at radius 3 is 2.80 bits per heavy atom. The number of likely N-dealkylation sites (tertiary alicyclic amines) is 1. The van der Waals surface area contributed by atoms with Crippen molar-refractivity contribution in [3.63, 3.8) is 0 Å². The molecule has 1 rings (SSSR count). The van der Waals surface area contributed by atoms with E-state index in [9.17, 15) is 0 Å². The van der Waals surface area contributed by atoms with E-state index in [4.69, 9.17) is 5.73 Å². The topological polar surface area (TPSA) is 32.5 Å². The highest BCUT2D eigenvalue weighted by molar-refractivity contribution is 4.81. The maximum absolute atomic E-state index is 5.66. The number of piperidine rings is 1. The Labute approximate surface area is 94.6 Å². The summed E-state index contributed by atoms with van der Waals surface area (Å²) >= 11 is 0. The van der Waals surface area contributed by atoms with Gasteiger partial charge in [-0.1, -0.05) is 6.92 Å². The number of hydrogen-bond donors (Lipinski definition) is 1. The molecular formula is C12H27N3. The van der Waals surface area contributed by atoms with Crippen molar-refractivity contribution >= 4 is 0 Å². The van der Waals surface area contributed by atoms with Crippen molar-refractivity contribution in [3.05, 3.63) is 0 Å². The van der Waals surface area contributed by atoms with Gasteiger partial charge < -0.3 is 10.6 Å². The molecule has 0 aromatic carbocycles. The van der Waals surface area contributed by atoms with Crippen LogP contribution in [-0.2, 0) is 0 Å². The van der Waals surface area contributed by atoms with Gasteiger partial charge in [-0.3, -0.25) is 4.90 Å². The maximum atomic E-state index is 5.66. The van der Waals surface area contributed by atoms with Crippen LogP contribution >= 0.6 is 0 Å². The molecule has 0 saturated carbocycles. The summed E-state index contributed by atoms with van der Waals surface area (Å²) in [5.74, 6) is 0. The van der Waals surface area contributed by atoms with Crippen LogP contribution in [0.5, 0.6) is 0 Å². The average molecular weight is 213 g/mol. The highest BCUT2D eigenvalue weighted by atomic mass is 15.2. The van der Waals surface area contributed by atoms with Crippen LogP contribution < -0.4 is 5.73 Å². The lowest BCUT2D eigenvalue weighted by Crippen LogP contribution is -2.49. The Kier molecular flexibility index (Phi) is 5.58. The van der Waals surface area contributed by atoms with Crippen molar-refractivity contribution in [1.29, 1.82) is 0 Å². The Bertz CT molecular complexity index is 172. The van der Waals surface area contributed by atoms with Crippen LogP contribution in [0.15, 0.2) is 0 Å². The minimum atomic E-state index is 0.673. The average Bonchev–Trinajstić information content (AvgIpc) is 2.25. The van der Waals surface area contributed by atoms with E-state index in [1.165, 1.54) is 32.4 Å². The molecule has 0 radical (unpaired) electrons. The summed E-state index contributed by atoms with van der Waals surface area (Å²) < 4.78 is 0. The van der Waals surface area contributed by atoms with Crippen LogP contribution in [0.4, 0.5) is 0 Å². The molecule has 2 unspecified atom stereocenters. The van der Waals surface area contributed by atoms with Crippen molar-refractivity contribution in [2.45, 2.75) is 44.7 Å². The summed E-state index contributed by atoms with van der Waals surface area (Å²) in [4.78, 5) is 5.00. The zero-order chi connectivity index (χ0) is 11.3. The number of hydrogen-bond acceptors (Lipinski definition) is 3. The van der Waals surface area contributed by atoms with Gasteiger partial charge in [-0.15, -0.1) is 0 Å². The predicted octanol–water partition coefficient (Wildman–Crippen LogP) is 1.14. The van der Waals surface area contributed by atoms with Crippen molar-refractivity contribution in [3.8, 4) is 0 Å². The van der Waals surface area contributed by atoms with Gasteiger partial charge in [0.25, 0.3) is 0 Å². The molecule has 1 heterocycles. The highest BCUT2D eigenvalue weighted by Crippen LogP contribution is 2.18. The van der Waals surface area contributed by atoms with E-state index in [0.29, 0.717) is 6.04 Å². The van der Waals surface area contributed by atoms with E-state index in [1.807, 2.05) is 0 Å². The molecule has 15 heavy (non-hydrogen) atoms. The van der Waals surface area contributed by atoms with Crippen LogP contribution in [0.25, 0.3) is 0 Å². The molecule has 90 valence electrons. The highest BCUT2D eigenvalue weighted by Gasteiger charge is 2.24. The van der Waals surface area contributed by atoms with E-state index < -0.39 is 0 Å². The lowest BCUT2D eigenvalue weighted by molar-refractivity contribution is 0.0936. The van der Waals surface area contributed by atoms with E-state index in [2.05, 4.69) is 30.8 Å². The molecule has 3 nitrogen and oxygen atoms in total. The molecule has 0 aromatic heterocycles. The first kappa shape index (κ1) is 12.9. The SMILES string of the molecule is CCC(CCN)N(C)C1CCCN(C)C1. The number of likely N-dealkylation sites (N-methyl/N-ethyl adjacent to an activating group) is 2. The second-order valence-corrected chi connectivity index (χ2v) is 4.86. The zero-order valence-corrected chi connectivity index (χ0v) is 10.6. The Hall–Kier alpha value is -0.120. The second kappa shape index (κ2) is 6.46. The lowest BCUT2D eigenvalue weighted by atomic mass is 10.0. The molecule has 0 aliphatic carbocycles. The molecule has 0 spiro atoms. The largest absolute Gasteiger partial charge is 0.330 e. The molecule has 1 fully saturated rings. The smallest absolute Gasteiger partial charge is 0.0223 e. The van der Waals surface area contributed by atoms with Crippen LogP contribution in [0.3, 0.4) is 0 Å². The fourth-order valence-corrected chi connectivity index (χ4v) is 2.66. The molecule has 3 heteroatoms. The molecule has 1 aliphatic rings. The summed E-state index contributed by atoms with van der Waals surface area (Å²) in [6, 6.07) is 1.41. The summed E-state index contributed by atoms with van der Waals surface area (Å²) in [5.41, 5.74) is 5.66. The minimum absolute atomic E-state index is 0.673. The summed E-state index contributed by atoms with van der Waals surface area (Å²) in [7, 11) is 4.50. The third-order valence-corrected chi connectivity index (χ3v) is 3.72. The molecule has 1 saturated heterocycles. The van der Waals surface area contributed by atoms with Gasteiger partial charge in [0, 0.05) is 18.6 Å². The van der Waals surface area contributed by atoms with E-state index in [-0.39, 0.29) is 0 Å². The van der Waals surface area contributed by atoms with E-state index in [0.717, 1.165) is 19.0 Å². The van der Waals surface area contributed by atoms with Gasteiger partial charge in [-0.25, -0.2) is 0 Å². The first-order valence-corrected chi connectivity index (χ1v) is 6.29. The van der Waals surface area contributed by atoms with E-state index in [1.54, 1.807) is 0 Å². The summed E-state index contributed by atoms with van der Waals surface area (Å²) in [5, 5.41) is 0. The fraction of sp³-hybridized carbons (Fsp3) is 1.00. The van der Waals surface area contributed by atoms with Gasteiger partial charge in [-0.05, 0) is 52.9 Å². The van der Waals surface area contributed by atoms with Gasteiger partial charge >= 0.3 is 0 Å². The maximum Gasteiger partial charge on any atom is 0.0223 e. The predicted molar refractivity (Wildman–Crippen MR) is 66.0 cm³/mol. The third kappa shape index (κ3) is 3.74.